The van der Waals surface area contributed by atoms with E-state index in [1.165, 1.54) is 87.2 Å². The van der Waals surface area contributed by atoms with Gasteiger partial charge in [-0.3, -0.25) is 0 Å². The quantitative estimate of drug-likeness (QED) is 0.150. The van der Waals surface area contributed by atoms with Gasteiger partial charge in [-0.15, -0.1) is 0 Å². The molecule has 0 N–H and O–H groups in total. The average Bonchev–Trinajstić information content (AvgIpc) is 3.10. The van der Waals surface area contributed by atoms with Crippen molar-refractivity contribution >= 4 is 53.9 Å². The summed E-state index contributed by atoms with van der Waals surface area (Å²) >= 11 is 0. The van der Waals surface area contributed by atoms with E-state index in [-0.39, 0.29) is 0 Å². The molecule has 9 rings (SSSR count). The standard InChI is InChI=1S/C44H28/c1-2-13-30(14-3-1)41-27-31-25-26-32(28-42(31)35-19-7-6-18-34(35)41)43-37-20-8-10-22-39(37)44(40-23-11-9-21-38(40)43)36-24-12-16-29-15-4-5-17-33(29)36/h1-28H. The second kappa shape index (κ2) is 9.93. The molecule has 0 heteroatoms. The molecule has 0 fully saturated rings. The molecule has 0 radical (unpaired) electrons. The van der Waals surface area contributed by atoms with E-state index in [0.717, 1.165) is 0 Å². The largest absolute Gasteiger partial charge is 0.0622 e. The molecule has 0 atom stereocenters. The van der Waals surface area contributed by atoms with Crippen LogP contribution in [0.5, 0.6) is 0 Å². The molecule has 0 bridgehead atoms. The van der Waals surface area contributed by atoms with Crippen molar-refractivity contribution in [1.82, 2.24) is 0 Å². The van der Waals surface area contributed by atoms with Crippen molar-refractivity contribution in [2.24, 2.45) is 0 Å². The predicted octanol–water partition coefficient (Wildman–Crippen LogP) is 12.5. The van der Waals surface area contributed by atoms with Crippen LogP contribution in [-0.4, -0.2) is 0 Å². The number of hydrogen-bond donors (Lipinski definition) is 0. The fraction of sp³-hybridized carbons (Fsp3) is 0. The predicted molar refractivity (Wildman–Crippen MR) is 190 cm³/mol. The molecule has 0 nitrogen and oxygen atoms in total. The summed E-state index contributed by atoms with van der Waals surface area (Å²) in [7, 11) is 0. The first kappa shape index (κ1) is 24.8. The van der Waals surface area contributed by atoms with Crippen molar-refractivity contribution in [3.05, 3.63) is 170 Å². The van der Waals surface area contributed by atoms with Crippen LogP contribution in [0.2, 0.25) is 0 Å². The lowest BCUT2D eigenvalue weighted by atomic mass is 9.84. The molecule has 0 amide bonds. The Morgan fingerprint density at radius 3 is 1.48 bits per heavy atom. The summed E-state index contributed by atoms with van der Waals surface area (Å²) in [6.07, 6.45) is 0. The first-order chi connectivity index (χ1) is 21.8. The van der Waals surface area contributed by atoms with Crippen LogP contribution in [0.3, 0.4) is 0 Å². The molecule has 0 saturated carbocycles. The Balaban J connectivity index is 1.37. The maximum atomic E-state index is 2.41. The van der Waals surface area contributed by atoms with E-state index >= 15 is 0 Å². The Kier molecular flexibility index (Phi) is 5.61. The maximum absolute atomic E-state index is 2.41. The molecule has 0 spiro atoms. The van der Waals surface area contributed by atoms with E-state index in [4.69, 9.17) is 0 Å². The third kappa shape index (κ3) is 3.78. The minimum Gasteiger partial charge on any atom is -0.0622 e. The lowest BCUT2D eigenvalue weighted by molar-refractivity contribution is 1.66. The molecule has 0 saturated heterocycles. The van der Waals surface area contributed by atoms with Crippen molar-refractivity contribution in [2.75, 3.05) is 0 Å². The van der Waals surface area contributed by atoms with E-state index in [1.807, 2.05) is 0 Å². The maximum Gasteiger partial charge on any atom is -0.00201 e. The van der Waals surface area contributed by atoms with Crippen molar-refractivity contribution in [2.45, 2.75) is 0 Å². The topological polar surface area (TPSA) is 0 Å². The van der Waals surface area contributed by atoms with E-state index < -0.39 is 0 Å². The Hall–Kier alpha value is -5.72. The van der Waals surface area contributed by atoms with Gasteiger partial charge in [-0.2, -0.15) is 0 Å². The third-order valence-corrected chi connectivity index (χ3v) is 9.22. The van der Waals surface area contributed by atoms with Gasteiger partial charge in [-0.05, 0) is 99.4 Å². The Morgan fingerprint density at radius 2 is 0.773 bits per heavy atom. The average molecular weight is 557 g/mol. The SMILES string of the molecule is c1ccc(-c2cc3ccc(-c4c5ccccc5c(-c5cccc6ccccc56)c5ccccc45)cc3c3ccccc23)cc1. The van der Waals surface area contributed by atoms with E-state index in [1.54, 1.807) is 0 Å². The molecule has 0 aliphatic rings. The van der Waals surface area contributed by atoms with Crippen LogP contribution in [-0.2, 0) is 0 Å². The molecule has 0 aromatic heterocycles. The molecular weight excluding hydrogens is 528 g/mol. The Labute approximate surface area is 256 Å². The minimum atomic E-state index is 1.24. The highest BCUT2D eigenvalue weighted by molar-refractivity contribution is 6.24. The lowest BCUT2D eigenvalue weighted by Gasteiger charge is -2.19. The monoisotopic (exact) mass is 556 g/mol. The first-order valence-electron chi connectivity index (χ1n) is 15.3. The molecular formula is C44H28. The van der Waals surface area contributed by atoms with Gasteiger partial charge >= 0.3 is 0 Å². The zero-order chi connectivity index (χ0) is 29.0. The fourth-order valence-corrected chi connectivity index (χ4v) is 7.29. The van der Waals surface area contributed by atoms with Gasteiger partial charge in [-0.1, -0.05) is 158 Å². The molecule has 204 valence electrons. The van der Waals surface area contributed by atoms with Gasteiger partial charge in [-0.25, -0.2) is 0 Å². The summed E-state index contributed by atoms with van der Waals surface area (Å²) in [6.45, 7) is 0. The minimum absolute atomic E-state index is 1.24. The number of rotatable bonds is 3. The summed E-state index contributed by atoms with van der Waals surface area (Å²) in [5.41, 5.74) is 7.63. The van der Waals surface area contributed by atoms with Crippen LogP contribution in [0.25, 0.3) is 87.2 Å². The molecule has 0 unspecified atom stereocenters. The van der Waals surface area contributed by atoms with E-state index in [9.17, 15) is 0 Å². The van der Waals surface area contributed by atoms with Gasteiger partial charge < -0.3 is 0 Å². The summed E-state index contributed by atoms with van der Waals surface area (Å²) < 4.78 is 0. The van der Waals surface area contributed by atoms with Crippen molar-refractivity contribution in [3.63, 3.8) is 0 Å². The smallest absolute Gasteiger partial charge is 0.00201 e. The molecule has 9 aromatic carbocycles. The van der Waals surface area contributed by atoms with E-state index in [0.29, 0.717) is 0 Å². The summed E-state index contributed by atoms with van der Waals surface area (Å²) in [5, 5.41) is 12.8. The Bertz CT molecular complexity index is 2470. The third-order valence-electron chi connectivity index (χ3n) is 9.22. The zero-order valence-corrected chi connectivity index (χ0v) is 24.2. The molecule has 44 heavy (non-hydrogen) atoms. The first-order valence-corrected chi connectivity index (χ1v) is 15.3. The van der Waals surface area contributed by atoms with Crippen LogP contribution in [0.4, 0.5) is 0 Å². The summed E-state index contributed by atoms with van der Waals surface area (Å²) in [4.78, 5) is 0. The number of hydrogen-bond acceptors (Lipinski definition) is 0. The van der Waals surface area contributed by atoms with Gasteiger partial charge in [0.25, 0.3) is 0 Å². The van der Waals surface area contributed by atoms with Crippen LogP contribution < -0.4 is 0 Å². The Morgan fingerprint density at radius 1 is 0.227 bits per heavy atom. The van der Waals surface area contributed by atoms with E-state index in [2.05, 4.69) is 170 Å². The summed E-state index contributed by atoms with van der Waals surface area (Å²) in [6, 6.07) is 62.3. The second-order valence-corrected chi connectivity index (χ2v) is 11.6. The van der Waals surface area contributed by atoms with Gasteiger partial charge in [0.15, 0.2) is 0 Å². The highest BCUT2D eigenvalue weighted by atomic mass is 14.2. The van der Waals surface area contributed by atoms with Crippen molar-refractivity contribution in [3.8, 4) is 33.4 Å². The molecule has 0 aliphatic carbocycles. The van der Waals surface area contributed by atoms with Crippen LogP contribution in [0, 0.1) is 0 Å². The molecule has 0 aliphatic heterocycles. The van der Waals surface area contributed by atoms with Gasteiger partial charge in [0.2, 0.25) is 0 Å². The van der Waals surface area contributed by atoms with Crippen LogP contribution >= 0.6 is 0 Å². The second-order valence-electron chi connectivity index (χ2n) is 11.6. The normalized spacial score (nSPS) is 11.6. The van der Waals surface area contributed by atoms with Gasteiger partial charge in [0.05, 0.1) is 0 Å². The highest BCUT2D eigenvalue weighted by Gasteiger charge is 2.18. The zero-order valence-electron chi connectivity index (χ0n) is 24.2. The van der Waals surface area contributed by atoms with Crippen molar-refractivity contribution in [1.29, 1.82) is 0 Å². The van der Waals surface area contributed by atoms with Crippen molar-refractivity contribution < 1.29 is 0 Å². The summed E-state index contributed by atoms with van der Waals surface area (Å²) in [5.74, 6) is 0. The molecule has 9 aromatic rings. The number of fused-ring (bicyclic) bond motifs is 6. The lowest BCUT2D eigenvalue weighted by Crippen LogP contribution is -1.92. The van der Waals surface area contributed by atoms with Gasteiger partial charge in [0, 0.05) is 0 Å². The highest BCUT2D eigenvalue weighted by Crippen LogP contribution is 2.46. The van der Waals surface area contributed by atoms with Crippen LogP contribution in [0.15, 0.2) is 170 Å². The van der Waals surface area contributed by atoms with Gasteiger partial charge in [0.1, 0.15) is 0 Å². The molecule has 0 heterocycles. The van der Waals surface area contributed by atoms with Crippen LogP contribution in [0.1, 0.15) is 0 Å². The number of benzene rings is 9. The fourth-order valence-electron chi connectivity index (χ4n) is 7.29.